The van der Waals surface area contributed by atoms with E-state index in [-0.39, 0.29) is 0 Å². The lowest BCUT2D eigenvalue weighted by atomic mass is 10.1. The molecule has 0 spiro atoms. The smallest absolute Gasteiger partial charge is 0.415 e. The van der Waals surface area contributed by atoms with Gasteiger partial charge in [-0.3, -0.25) is 4.90 Å². The first-order valence-corrected chi connectivity index (χ1v) is 8.97. The molecule has 2 aromatic rings. The molecule has 2 rings (SSSR count). The number of methoxy groups -OCH3 is 2. The van der Waals surface area contributed by atoms with Crippen molar-refractivity contribution in [2.24, 2.45) is 0 Å². The molecule has 0 bridgehead atoms. The number of carbonyl (C=O) groups excluding carboxylic acids is 2. The van der Waals surface area contributed by atoms with Crippen LogP contribution in [0, 0.1) is 0 Å². The molecular weight excluding hydrogens is 354 g/mol. The molecule has 1 heterocycles. The predicted molar refractivity (Wildman–Crippen MR) is 101 cm³/mol. The van der Waals surface area contributed by atoms with Crippen LogP contribution in [0.25, 0.3) is 0 Å². The fourth-order valence-electron chi connectivity index (χ4n) is 2.35. The minimum Gasteiger partial charge on any atom is -0.497 e. The predicted octanol–water partition coefficient (Wildman–Crippen LogP) is 4.41. The Labute approximate surface area is 157 Å². The molecule has 0 radical (unpaired) electrons. The maximum absolute atomic E-state index is 12.9. The highest BCUT2D eigenvalue weighted by molar-refractivity contribution is 7.08. The minimum absolute atomic E-state index is 0.502. The Hall–Kier alpha value is -2.54. The molecule has 0 unspecified atom stereocenters. The van der Waals surface area contributed by atoms with E-state index in [1.54, 1.807) is 58.2 Å². The Bertz CT molecular complexity index is 734. The third-order valence-electron chi connectivity index (χ3n) is 3.48. The number of esters is 1. The van der Waals surface area contributed by atoms with E-state index in [1.807, 2.05) is 10.8 Å². The molecule has 140 valence electrons. The summed E-state index contributed by atoms with van der Waals surface area (Å²) in [5, 5.41) is 3.65. The number of anilines is 1. The molecule has 0 saturated heterocycles. The zero-order chi connectivity index (χ0) is 19.3. The summed E-state index contributed by atoms with van der Waals surface area (Å²) in [5.41, 5.74) is 0.446. The van der Waals surface area contributed by atoms with Crippen molar-refractivity contribution in [3.05, 3.63) is 46.7 Å². The third kappa shape index (κ3) is 4.76. The van der Waals surface area contributed by atoms with Gasteiger partial charge in [0.25, 0.3) is 0 Å². The van der Waals surface area contributed by atoms with E-state index < -0.39 is 23.7 Å². The third-order valence-corrected chi connectivity index (χ3v) is 4.18. The fraction of sp³-hybridized carbons (Fsp3) is 0.368. The molecule has 0 N–H and O–H groups in total. The molecule has 6 nitrogen and oxygen atoms in total. The highest BCUT2D eigenvalue weighted by Crippen LogP contribution is 2.32. The number of carbonyl (C=O) groups is 2. The standard InChI is InChI=1S/C19H23NO5S/c1-19(2,3)25-18(22)20(14-6-8-15(23-4)9-7-14)16(17(21)24-5)13-10-11-26-12-13/h6-12,16H,1-5H3/t16-/m1/s1. The van der Waals surface area contributed by atoms with Crippen LogP contribution in [-0.4, -0.2) is 31.9 Å². The van der Waals surface area contributed by atoms with Crippen molar-refractivity contribution in [3.63, 3.8) is 0 Å². The summed E-state index contributed by atoms with van der Waals surface area (Å²) >= 11 is 1.43. The number of hydrogen-bond acceptors (Lipinski definition) is 6. The van der Waals surface area contributed by atoms with E-state index in [9.17, 15) is 9.59 Å². The van der Waals surface area contributed by atoms with Crippen molar-refractivity contribution in [3.8, 4) is 5.75 Å². The molecule has 0 aliphatic rings. The molecule has 0 saturated carbocycles. The summed E-state index contributed by atoms with van der Waals surface area (Å²) in [4.78, 5) is 26.8. The van der Waals surface area contributed by atoms with Crippen molar-refractivity contribution in [2.75, 3.05) is 19.1 Å². The lowest BCUT2D eigenvalue weighted by Crippen LogP contribution is -2.42. The molecule has 1 aromatic heterocycles. The quantitative estimate of drug-likeness (QED) is 0.722. The number of rotatable bonds is 5. The average Bonchev–Trinajstić information content (AvgIpc) is 3.11. The van der Waals surface area contributed by atoms with E-state index in [4.69, 9.17) is 14.2 Å². The number of ether oxygens (including phenoxy) is 3. The van der Waals surface area contributed by atoms with Gasteiger partial charge >= 0.3 is 12.1 Å². The zero-order valence-electron chi connectivity index (χ0n) is 15.5. The summed E-state index contributed by atoms with van der Waals surface area (Å²) in [7, 11) is 2.85. The van der Waals surface area contributed by atoms with Gasteiger partial charge in [0.15, 0.2) is 6.04 Å². The molecule has 26 heavy (non-hydrogen) atoms. The highest BCUT2D eigenvalue weighted by atomic mass is 32.1. The van der Waals surface area contributed by atoms with Crippen LogP contribution in [0.2, 0.25) is 0 Å². The van der Waals surface area contributed by atoms with Crippen molar-refractivity contribution < 1.29 is 23.8 Å². The maximum Gasteiger partial charge on any atom is 0.415 e. The summed E-state index contributed by atoms with van der Waals surface area (Å²) in [6.45, 7) is 5.32. The topological polar surface area (TPSA) is 65.1 Å². The normalized spacial score (nSPS) is 12.2. The molecule has 1 amide bonds. The SMILES string of the molecule is COC(=O)[C@@H](c1ccsc1)N(C(=O)OC(C)(C)C)c1ccc(OC)cc1. The molecule has 0 fully saturated rings. The van der Waals surface area contributed by atoms with Crippen LogP contribution in [-0.2, 0) is 14.3 Å². The molecule has 1 aromatic carbocycles. The van der Waals surface area contributed by atoms with E-state index in [0.717, 1.165) is 0 Å². The lowest BCUT2D eigenvalue weighted by Gasteiger charge is -2.32. The number of amides is 1. The minimum atomic E-state index is -0.950. The van der Waals surface area contributed by atoms with Crippen LogP contribution >= 0.6 is 11.3 Å². The monoisotopic (exact) mass is 377 g/mol. The Morgan fingerprint density at radius 2 is 1.73 bits per heavy atom. The number of hydrogen-bond donors (Lipinski definition) is 0. The Morgan fingerprint density at radius 1 is 1.08 bits per heavy atom. The van der Waals surface area contributed by atoms with Crippen molar-refractivity contribution in [1.29, 1.82) is 0 Å². The number of benzene rings is 1. The first-order valence-electron chi connectivity index (χ1n) is 8.03. The van der Waals surface area contributed by atoms with Crippen LogP contribution in [0.15, 0.2) is 41.1 Å². The Morgan fingerprint density at radius 3 is 2.19 bits per heavy atom. The molecule has 7 heteroatoms. The van der Waals surface area contributed by atoms with Crippen molar-refractivity contribution in [1.82, 2.24) is 0 Å². The average molecular weight is 377 g/mol. The van der Waals surface area contributed by atoms with Gasteiger partial charge in [0.1, 0.15) is 11.4 Å². The second kappa shape index (κ2) is 8.23. The van der Waals surface area contributed by atoms with Crippen LogP contribution in [0.5, 0.6) is 5.75 Å². The summed E-state index contributed by atoms with van der Waals surface area (Å²) in [5.74, 6) is 0.0908. The Balaban J connectivity index is 2.52. The van der Waals surface area contributed by atoms with E-state index in [1.165, 1.54) is 23.3 Å². The van der Waals surface area contributed by atoms with Crippen LogP contribution < -0.4 is 9.64 Å². The van der Waals surface area contributed by atoms with Crippen LogP contribution in [0.3, 0.4) is 0 Å². The van der Waals surface area contributed by atoms with Gasteiger partial charge in [0.2, 0.25) is 0 Å². The van der Waals surface area contributed by atoms with Gasteiger partial charge in [-0.25, -0.2) is 9.59 Å². The summed E-state index contributed by atoms with van der Waals surface area (Å²) in [6.07, 6.45) is -0.635. The highest BCUT2D eigenvalue weighted by Gasteiger charge is 2.36. The van der Waals surface area contributed by atoms with E-state index in [2.05, 4.69) is 0 Å². The van der Waals surface area contributed by atoms with Gasteiger partial charge in [-0.05, 0) is 67.4 Å². The molecule has 0 aliphatic heterocycles. The van der Waals surface area contributed by atoms with Gasteiger partial charge in [-0.15, -0.1) is 0 Å². The maximum atomic E-state index is 12.9. The second-order valence-corrected chi connectivity index (χ2v) is 7.31. The van der Waals surface area contributed by atoms with E-state index >= 15 is 0 Å². The Kier molecular flexibility index (Phi) is 6.26. The number of nitrogens with zero attached hydrogens (tertiary/aromatic N) is 1. The van der Waals surface area contributed by atoms with Gasteiger partial charge in [0, 0.05) is 5.69 Å². The van der Waals surface area contributed by atoms with Crippen LogP contribution in [0.1, 0.15) is 32.4 Å². The zero-order valence-corrected chi connectivity index (χ0v) is 16.3. The lowest BCUT2D eigenvalue weighted by molar-refractivity contribution is -0.142. The van der Waals surface area contributed by atoms with Crippen LogP contribution in [0.4, 0.5) is 10.5 Å². The second-order valence-electron chi connectivity index (χ2n) is 6.53. The van der Waals surface area contributed by atoms with Crippen molar-refractivity contribution in [2.45, 2.75) is 32.4 Å². The van der Waals surface area contributed by atoms with Gasteiger partial charge < -0.3 is 14.2 Å². The van der Waals surface area contributed by atoms with Gasteiger partial charge in [0.05, 0.1) is 14.2 Å². The van der Waals surface area contributed by atoms with Gasteiger partial charge in [-0.2, -0.15) is 11.3 Å². The summed E-state index contributed by atoms with van der Waals surface area (Å²) < 4.78 is 15.7. The molecular formula is C19H23NO5S. The fourth-order valence-corrected chi connectivity index (χ4v) is 3.03. The largest absolute Gasteiger partial charge is 0.497 e. The van der Waals surface area contributed by atoms with E-state index in [0.29, 0.717) is 17.0 Å². The first-order chi connectivity index (χ1) is 12.3. The van der Waals surface area contributed by atoms with Crippen molar-refractivity contribution >= 4 is 29.1 Å². The summed E-state index contributed by atoms with van der Waals surface area (Å²) in [6, 6.07) is 7.67. The number of thiophene rings is 1. The first kappa shape index (κ1) is 19.8. The molecule has 0 aliphatic carbocycles. The van der Waals surface area contributed by atoms with Gasteiger partial charge in [-0.1, -0.05) is 0 Å². The molecule has 1 atom stereocenters.